The first-order chi connectivity index (χ1) is 5.99. The highest BCUT2D eigenvalue weighted by Gasteiger charge is 1.91. The Bertz CT molecular complexity index is 171. The molecule has 5 nitrogen and oxygen atoms in total. The SMILES string of the molecule is CN=C(NC)N(C)C.O=C(O)CF. The normalized spacial score (nSPS) is 9.77. The molecule has 0 aromatic rings. The van der Waals surface area contributed by atoms with E-state index < -0.39 is 12.6 Å². The van der Waals surface area contributed by atoms with Crippen molar-refractivity contribution >= 4 is 11.9 Å². The van der Waals surface area contributed by atoms with Crippen LogP contribution in [0.15, 0.2) is 4.99 Å². The largest absolute Gasteiger partial charge is 0.479 e. The summed E-state index contributed by atoms with van der Waals surface area (Å²) in [4.78, 5) is 14.8. The molecule has 2 N–H and O–H groups in total. The fraction of sp³-hybridized carbons (Fsp3) is 0.714. The lowest BCUT2D eigenvalue weighted by Crippen LogP contribution is -2.33. The van der Waals surface area contributed by atoms with Gasteiger partial charge in [-0.2, -0.15) is 0 Å². The molecule has 0 saturated carbocycles. The van der Waals surface area contributed by atoms with Crippen LogP contribution >= 0.6 is 0 Å². The molecule has 0 rings (SSSR count). The van der Waals surface area contributed by atoms with E-state index in [1.165, 1.54) is 0 Å². The van der Waals surface area contributed by atoms with Crippen LogP contribution in [-0.2, 0) is 4.79 Å². The third-order valence-electron chi connectivity index (χ3n) is 0.973. The van der Waals surface area contributed by atoms with Crippen LogP contribution in [0, 0.1) is 0 Å². The number of hydrogen-bond acceptors (Lipinski definition) is 2. The van der Waals surface area contributed by atoms with Gasteiger partial charge >= 0.3 is 5.97 Å². The van der Waals surface area contributed by atoms with Crippen molar-refractivity contribution in [3.05, 3.63) is 0 Å². The average molecular weight is 193 g/mol. The number of alkyl halides is 1. The lowest BCUT2D eigenvalue weighted by molar-refractivity contribution is -0.137. The molecule has 0 aliphatic rings. The molecule has 0 fully saturated rings. The minimum Gasteiger partial charge on any atom is -0.479 e. The lowest BCUT2D eigenvalue weighted by Gasteiger charge is -2.12. The third kappa shape index (κ3) is 10.7. The molecule has 0 amide bonds. The third-order valence-corrected chi connectivity index (χ3v) is 0.973. The zero-order chi connectivity index (χ0) is 10.9. The number of carbonyl (C=O) groups is 1. The summed E-state index contributed by atoms with van der Waals surface area (Å²) in [5.74, 6) is -0.519. The number of halogens is 1. The number of guanidine groups is 1. The molecule has 0 radical (unpaired) electrons. The van der Waals surface area contributed by atoms with Crippen LogP contribution in [0.4, 0.5) is 4.39 Å². The van der Waals surface area contributed by atoms with E-state index >= 15 is 0 Å². The highest BCUT2D eigenvalue weighted by Crippen LogP contribution is 1.73. The van der Waals surface area contributed by atoms with Gasteiger partial charge in [0.2, 0.25) is 0 Å². The number of aliphatic carboxylic acids is 1. The van der Waals surface area contributed by atoms with Crippen LogP contribution in [0.3, 0.4) is 0 Å². The first-order valence-electron chi connectivity index (χ1n) is 3.59. The minimum absolute atomic E-state index is 0.894. The Morgan fingerprint density at radius 2 is 2.00 bits per heavy atom. The Morgan fingerprint density at radius 1 is 1.62 bits per heavy atom. The monoisotopic (exact) mass is 193 g/mol. The highest BCUT2D eigenvalue weighted by molar-refractivity contribution is 5.78. The number of nitrogens with one attached hydrogen (secondary N) is 1. The van der Waals surface area contributed by atoms with Gasteiger partial charge in [-0.05, 0) is 0 Å². The molecular formula is C7H16FN3O2. The first-order valence-corrected chi connectivity index (χ1v) is 3.59. The number of aliphatic imine (C=N–C) groups is 1. The molecule has 0 atom stereocenters. The average Bonchev–Trinajstić information content (AvgIpc) is 2.07. The van der Waals surface area contributed by atoms with Crippen molar-refractivity contribution in [2.24, 2.45) is 4.99 Å². The van der Waals surface area contributed by atoms with Crippen LogP contribution in [-0.4, -0.2) is 56.8 Å². The van der Waals surface area contributed by atoms with Crippen LogP contribution in [0.2, 0.25) is 0 Å². The van der Waals surface area contributed by atoms with E-state index in [4.69, 9.17) is 9.90 Å². The van der Waals surface area contributed by atoms with E-state index in [9.17, 15) is 4.39 Å². The summed E-state index contributed by atoms with van der Waals surface area (Å²) in [6.45, 7) is -1.28. The fourth-order valence-electron chi connectivity index (χ4n) is 0.535. The van der Waals surface area contributed by atoms with Gasteiger partial charge < -0.3 is 15.3 Å². The van der Waals surface area contributed by atoms with Crippen LogP contribution in [0.1, 0.15) is 0 Å². The zero-order valence-electron chi connectivity index (χ0n) is 8.33. The van der Waals surface area contributed by atoms with Crippen LogP contribution in [0.25, 0.3) is 0 Å². The molecule has 0 aliphatic carbocycles. The first kappa shape index (κ1) is 14.2. The number of rotatable bonds is 1. The smallest absolute Gasteiger partial charge is 0.335 e. The zero-order valence-corrected chi connectivity index (χ0v) is 8.33. The van der Waals surface area contributed by atoms with Crippen molar-refractivity contribution in [1.82, 2.24) is 10.2 Å². The number of carboxylic acids is 1. The minimum atomic E-state index is -1.41. The molecule has 78 valence electrons. The van der Waals surface area contributed by atoms with Crippen molar-refractivity contribution in [3.8, 4) is 0 Å². The Labute approximate surface area is 77.3 Å². The summed E-state index contributed by atoms with van der Waals surface area (Å²) in [5, 5.41) is 10.3. The predicted molar refractivity (Wildman–Crippen MR) is 49.7 cm³/mol. The second kappa shape index (κ2) is 8.76. The summed E-state index contributed by atoms with van der Waals surface area (Å²) in [5.41, 5.74) is 0. The molecule has 0 aromatic heterocycles. The summed E-state index contributed by atoms with van der Waals surface area (Å²) in [6, 6.07) is 0. The molecule has 13 heavy (non-hydrogen) atoms. The maximum atomic E-state index is 10.5. The van der Waals surface area contributed by atoms with E-state index in [2.05, 4.69) is 10.3 Å². The van der Waals surface area contributed by atoms with Gasteiger partial charge in [0.05, 0.1) is 0 Å². The van der Waals surface area contributed by atoms with Gasteiger partial charge in [0.1, 0.15) is 0 Å². The Hall–Kier alpha value is -1.33. The fourth-order valence-corrected chi connectivity index (χ4v) is 0.535. The Morgan fingerprint density at radius 3 is 2.00 bits per heavy atom. The van der Waals surface area contributed by atoms with Crippen molar-refractivity contribution in [2.45, 2.75) is 0 Å². The Balaban J connectivity index is 0. The summed E-state index contributed by atoms with van der Waals surface area (Å²) in [6.07, 6.45) is 0. The van der Waals surface area contributed by atoms with Crippen molar-refractivity contribution in [1.29, 1.82) is 0 Å². The molecule has 6 heteroatoms. The predicted octanol–water partition coefficient (Wildman–Crippen LogP) is -0.206. The molecule has 0 aromatic carbocycles. The van der Waals surface area contributed by atoms with Gasteiger partial charge in [-0.25, -0.2) is 9.18 Å². The van der Waals surface area contributed by atoms with Crippen molar-refractivity contribution in [2.75, 3.05) is 34.9 Å². The van der Waals surface area contributed by atoms with Crippen LogP contribution in [0.5, 0.6) is 0 Å². The van der Waals surface area contributed by atoms with Gasteiger partial charge in [-0.1, -0.05) is 0 Å². The van der Waals surface area contributed by atoms with Gasteiger partial charge in [-0.15, -0.1) is 0 Å². The number of nitrogens with zero attached hydrogens (tertiary/aromatic N) is 2. The summed E-state index contributed by atoms with van der Waals surface area (Å²) >= 11 is 0. The highest BCUT2D eigenvalue weighted by atomic mass is 19.1. The quantitative estimate of drug-likeness (QED) is 0.447. The Kier molecular flexibility index (Phi) is 9.58. The summed E-state index contributed by atoms with van der Waals surface area (Å²) < 4.78 is 10.5. The number of carboxylic acid groups (broad SMARTS) is 1. The van der Waals surface area contributed by atoms with Crippen molar-refractivity contribution in [3.63, 3.8) is 0 Å². The number of hydrogen-bond donors (Lipinski definition) is 2. The topological polar surface area (TPSA) is 64.9 Å². The summed E-state index contributed by atoms with van der Waals surface area (Å²) in [7, 11) is 7.49. The molecule has 0 heterocycles. The second-order valence-electron chi connectivity index (χ2n) is 2.22. The van der Waals surface area contributed by atoms with Crippen molar-refractivity contribution < 1.29 is 14.3 Å². The van der Waals surface area contributed by atoms with E-state index in [0.29, 0.717) is 0 Å². The van der Waals surface area contributed by atoms with E-state index in [0.717, 1.165) is 5.96 Å². The van der Waals surface area contributed by atoms with Gasteiger partial charge in [0.15, 0.2) is 12.6 Å². The van der Waals surface area contributed by atoms with Gasteiger partial charge in [0.25, 0.3) is 0 Å². The molecule has 0 aliphatic heterocycles. The molecule has 0 spiro atoms. The molecule has 0 unspecified atom stereocenters. The molecule has 0 saturated heterocycles. The molecular weight excluding hydrogens is 177 g/mol. The van der Waals surface area contributed by atoms with Gasteiger partial charge in [-0.3, -0.25) is 4.99 Å². The van der Waals surface area contributed by atoms with E-state index in [1.54, 1.807) is 7.05 Å². The molecule has 0 bridgehead atoms. The lowest BCUT2D eigenvalue weighted by atomic mass is 10.8. The van der Waals surface area contributed by atoms with E-state index in [-0.39, 0.29) is 0 Å². The standard InChI is InChI=1S/C5H13N3.C2H3FO2/c1-6-5(7-2)8(3)4;3-1-2(4)5/h1-4H3,(H,6,7);1H2,(H,4,5). The van der Waals surface area contributed by atoms with E-state index in [1.807, 2.05) is 26.0 Å². The van der Waals surface area contributed by atoms with Gasteiger partial charge in [0, 0.05) is 28.2 Å². The second-order valence-corrected chi connectivity index (χ2v) is 2.22. The van der Waals surface area contributed by atoms with Crippen LogP contribution < -0.4 is 5.32 Å². The maximum absolute atomic E-state index is 10.5. The maximum Gasteiger partial charge on any atom is 0.335 e.